The minimum Gasteiger partial charge on any atom is -0.358 e. The van der Waals surface area contributed by atoms with E-state index in [-0.39, 0.29) is 0 Å². The summed E-state index contributed by atoms with van der Waals surface area (Å²) in [6.07, 6.45) is 6.81. The molecule has 6 rings (SSSR count). The Kier molecular flexibility index (Phi) is 5.79. The van der Waals surface area contributed by atoms with Crippen LogP contribution in [-0.4, -0.2) is 30.1 Å². The monoisotopic (exact) mass is 491 g/mol. The Morgan fingerprint density at radius 3 is 2.83 bits per heavy atom. The lowest BCUT2D eigenvalue weighted by Gasteiger charge is -2.10. The Labute approximate surface area is 212 Å². The van der Waals surface area contributed by atoms with Crippen LogP contribution in [0.4, 0.5) is 5.69 Å². The number of nitrogens with one attached hydrogen (secondary N) is 3. The SMILES string of the molecule is C=C(CCCC)Nc1cncc(-c2ccc3[nH]nc(-c4nc5c(-c6cccs6)cccc5[nH]4)c3n2)c1. The minimum absolute atomic E-state index is 0.686. The van der Waals surface area contributed by atoms with Crippen LogP contribution < -0.4 is 5.32 Å². The number of hydrogen-bond acceptors (Lipinski definition) is 6. The topological polar surface area (TPSA) is 95.2 Å². The molecule has 1 aromatic carbocycles. The van der Waals surface area contributed by atoms with Crippen LogP contribution in [0.5, 0.6) is 0 Å². The lowest BCUT2D eigenvalue weighted by molar-refractivity contribution is 0.791. The van der Waals surface area contributed by atoms with Gasteiger partial charge in [0.05, 0.1) is 34.1 Å². The molecule has 0 saturated heterocycles. The van der Waals surface area contributed by atoms with Gasteiger partial charge < -0.3 is 10.3 Å². The van der Waals surface area contributed by atoms with Crippen molar-refractivity contribution in [2.45, 2.75) is 26.2 Å². The summed E-state index contributed by atoms with van der Waals surface area (Å²) >= 11 is 1.70. The van der Waals surface area contributed by atoms with Crippen molar-refractivity contribution in [1.29, 1.82) is 0 Å². The highest BCUT2D eigenvalue weighted by molar-refractivity contribution is 7.13. The molecule has 0 aliphatic heterocycles. The van der Waals surface area contributed by atoms with E-state index in [0.717, 1.165) is 69.5 Å². The molecule has 0 spiro atoms. The maximum atomic E-state index is 4.95. The molecule has 5 heterocycles. The Balaban J connectivity index is 1.37. The van der Waals surface area contributed by atoms with E-state index in [4.69, 9.17) is 9.97 Å². The van der Waals surface area contributed by atoms with Gasteiger partial charge in [-0.05, 0) is 48.6 Å². The molecular weight excluding hydrogens is 466 g/mol. The molecule has 3 N–H and O–H groups in total. The minimum atomic E-state index is 0.686. The molecule has 0 aliphatic rings. The molecule has 0 bridgehead atoms. The van der Waals surface area contributed by atoms with Crippen LogP contribution in [0.3, 0.4) is 0 Å². The van der Waals surface area contributed by atoms with Crippen LogP contribution in [0.25, 0.3) is 55.3 Å². The van der Waals surface area contributed by atoms with E-state index in [2.05, 4.69) is 62.6 Å². The zero-order valence-corrected chi connectivity index (χ0v) is 20.7. The highest BCUT2D eigenvalue weighted by atomic mass is 32.1. The first-order valence-corrected chi connectivity index (χ1v) is 12.9. The molecule has 0 unspecified atom stereocenters. The van der Waals surface area contributed by atoms with E-state index >= 15 is 0 Å². The third kappa shape index (κ3) is 4.16. The van der Waals surface area contributed by atoms with Crippen LogP contribution in [-0.2, 0) is 0 Å². The summed E-state index contributed by atoms with van der Waals surface area (Å²) in [4.78, 5) is 18.9. The van der Waals surface area contributed by atoms with Crippen molar-refractivity contribution in [3.8, 4) is 33.2 Å². The Hall–Kier alpha value is -4.30. The van der Waals surface area contributed by atoms with Crippen molar-refractivity contribution >= 4 is 39.1 Å². The number of rotatable bonds is 8. The fourth-order valence-electron chi connectivity index (χ4n) is 4.30. The number of benzene rings is 1. The second-order valence-corrected chi connectivity index (χ2v) is 9.67. The predicted octanol–water partition coefficient (Wildman–Crippen LogP) is 7.41. The van der Waals surface area contributed by atoms with Crippen LogP contribution in [0.15, 0.2) is 78.6 Å². The van der Waals surface area contributed by atoms with Gasteiger partial charge in [-0.25, -0.2) is 9.97 Å². The van der Waals surface area contributed by atoms with Gasteiger partial charge in [-0.3, -0.25) is 10.1 Å². The molecule has 36 heavy (non-hydrogen) atoms. The second-order valence-electron chi connectivity index (χ2n) is 8.72. The maximum absolute atomic E-state index is 4.95. The highest BCUT2D eigenvalue weighted by Gasteiger charge is 2.17. The summed E-state index contributed by atoms with van der Waals surface area (Å²) in [5.41, 5.74) is 8.92. The number of unbranched alkanes of at least 4 members (excludes halogenated alkanes) is 1. The van der Waals surface area contributed by atoms with Gasteiger partial charge >= 0.3 is 0 Å². The van der Waals surface area contributed by atoms with E-state index < -0.39 is 0 Å². The maximum Gasteiger partial charge on any atom is 0.161 e. The molecule has 7 nitrogen and oxygen atoms in total. The number of allylic oxidation sites excluding steroid dienone is 1. The van der Waals surface area contributed by atoms with Crippen molar-refractivity contribution < 1.29 is 0 Å². The number of aromatic amines is 2. The van der Waals surface area contributed by atoms with Gasteiger partial charge in [0.15, 0.2) is 11.5 Å². The number of fused-ring (bicyclic) bond motifs is 2. The first-order chi connectivity index (χ1) is 17.7. The van der Waals surface area contributed by atoms with E-state index in [9.17, 15) is 0 Å². The van der Waals surface area contributed by atoms with E-state index in [1.165, 1.54) is 4.88 Å². The van der Waals surface area contributed by atoms with Gasteiger partial charge in [-0.1, -0.05) is 38.1 Å². The third-order valence-electron chi connectivity index (χ3n) is 6.12. The third-order valence-corrected chi connectivity index (χ3v) is 7.02. The smallest absolute Gasteiger partial charge is 0.161 e. The number of H-pyrrole nitrogens is 2. The van der Waals surface area contributed by atoms with E-state index in [1.807, 2.05) is 42.7 Å². The Morgan fingerprint density at radius 2 is 1.97 bits per heavy atom. The molecule has 0 fully saturated rings. The number of imidazole rings is 1. The van der Waals surface area contributed by atoms with Gasteiger partial charge in [0.1, 0.15) is 5.52 Å². The molecule has 0 atom stereocenters. The van der Waals surface area contributed by atoms with Gasteiger partial charge in [-0.15, -0.1) is 11.3 Å². The number of nitrogens with zero attached hydrogens (tertiary/aromatic N) is 4. The average molecular weight is 492 g/mol. The van der Waals surface area contributed by atoms with Crippen LogP contribution in [0.1, 0.15) is 26.2 Å². The van der Waals surface area contributed by atoms with Crippen LogP contribution in [0.2, 0.25) is 0 Å². The molecule has 0 radical (unpaired) electrons. The molecule has 178 valence electrons. The summed E-state index contributed by atoms with van der Waals surface area (Å²) in [5, 5.41) is 13.1. The van der Waals surface area contributed by atoms with Gasteiger partial charge in [0.2, 0.25) is 0 Å². The van der Waals surface area contributed by atoms with E-state index in [1.54, 1.807) is 11.3 Å². The first-order valence-electron chi connectivity index (χ1n) is 12.0. The van der Waals surface area contributed by atoms with Crippen LogP contribution in [0, 0.1) is 0 Å². The average Bonchev–Trinajstić information content (AvgIpc) is 3.66. The zero-order chi connectivity index (χ0) is 24.5. The Bertz CT molecular complexity index is 1680. The van der Waals surface area contributed by atoms with Crippen molar-refractivity contribution in [3.63, 3.8) is 0 Å². The molecule has 0 amide bonds. The van der Waals surface area contributed by atoms with Crippen molar-refractivity contribution in [1.82, 2.24) is 30.1 Å². The van der Waals surface area contributed by atoms with E-state index in [0.29, 0.717) is 11.5 Å². The number of anilines is 1. The first kappa shape index (κ1) is 22.2. The summed E-state index contributed by atoms with van der Waals surface area (Å²) < 4.78 is 0. The molecule has 6 aromatic rings. The van der Waals surface area contributed by atoms with Gasteiger partial charge in [0.25, 0.3) is 0 Å². The number of thiophene rings is 1. The number of hydrogen-bond donors (Lipinski definition) is 3. The zero-order valence-electron chi connectivity index (χ0n) is 19.9. The summed E-state index contributed by atoms with van der Waals surface area (Å²) in [6, 6.07) is 16.4. The molecule has 8 heteroatoms. The predicted molar refractivity (Wildman–Crippen MR) is 148 cm³/mol. The quantitative estimate of drug-likeness (QED) is 0.206. The highest BCUT2D eigenvalue weighted by Crippen LogP contribution is 2.33. The molecular formula is C28H25N7S. The van der Waals surface area contributed by atoms with Crippen molar-refractivity contribution in [2.75, 3.05) is 5.32 Å². The normalized spacial score (nSPS) is 11.4. The lowest BCUT2D eigenvalue weighted by Crippen LogP contribution is -1.99. The van der Waals surface area contributed by atoms with Crippen LogP contribution >= 0.6 is 11.3 Å². The summed E-state index contributed by atoms with van der Waals surface area (Å²) in [7, 11) is 0. The number of aromatic nitrogens is 6. The Morgan fingerprint density at radius 1 is 1.03 bits per heavy atom. The summed E-state index contributed by atoms with van der Waals surface area (Å²) in [6.45, 7) is 6.31. The van der Waals surface area contributed by atoms with Gasteiger partial charge in [-0.2, -0.15) is 5.10 Å². The summed E-state index contributed by atoms with van der Waals surface area (Å²) in [5.74, 6) is 0.686. The van der Waals surface area contributed by atoms with Gasteiger partial charge in [0, 0.05) is 27.9 Å². The largest absolute Gasteiger partial charge is 0.358 e. The molecule has 0 saturated carbocycles. The number of para-hydroxylation sites is 1. The fraction of sp³-hybridized carbons (Fsp3) is 0.143. The molecule has 5 aromatic heterocycles. The molecule has 0 aliphatic carbocycles. The lowest BCUT2D eigenvalue weighted by atomic mass is 10.1. The number of pyridine rings is 2. The standard InChI is InChI=1S/C28H25N7S/c1-3-4-7-17(2)30-19-14-18(15-29-16-19)21-11-12-23-26(31-21)27(35-34-23)28-32-22-9-5-8-20(25(22)33-28)24-10-6-13-36-24/h5-6,8-16,30H,2-4,7H2,1H3,(H,32,33)(H,34,35). The van der Waals surface area contributed by atoms with Crippen molar-refractivity contribution in [3.05, 3.63) is 78.6 Å². The van der Waals surface area contributed by atoms with Crippen molar-refractivity contribution in [2.24, 2.45) is 0 Å². The second kappa shape index (κ2) is 9.39. The fourth-order valence-corrected chi connectivity index (χ4v) is 5.06.